The lowest BCUT2D eigenvalue weighted by Crippen LogP contribution is -2.11. The van der Waals surface area contributed by atoms with Gasteiger partial charge in [-0.2, -0.15) is 13.2 Å². The van der Waals surface area contributed by atoms with Crippen LogP contribution in [0.4, 0.5) is 18.9 Å². The van der Waals surface area contributed by atoms with Gasteiger partial charge in [-0.05, 0) is 24.6 Å². The number of hydrogen-bond acceptors (Lipinski definition) is 5. The maximum atomic E-state index is 12.9. The predicted octanol–water partition coefficient (Wildman–Crippen LogP) is 2.74. The lowest BCUT2D eigenvalue weighted by Gasteiger charge is -2.07. The molecule has 24 heavy (non-hydrogen) atoms. The molecular weight excluding hydrogens is 353 g/mol. The van der Waals surface area contributed by atoms with Crippen LogP contribution in [0.15, 0.2) is 22.6 Å². The molecule has 2 N–H and O–H groups in total. The predicted molar refractivity (Wildman–Crippen MR) is 77.1 cm³/mol. The number of carboxylic acids is 1. The van der Waals surface area contributed by atoms with E-state index in [1.54, 1.807) is 0 Å². The fraction of sp³-hybridized carbons (Fsp3) is 0.231. The van der Waals surface area contributed by atoms with Gasteiger partial charge in [0, 0.05) is 11.3 Å². The molecule has 0 radical (unpaired) electrons. The second kappa shape index (κ2) is 5.82. The summed E-state index contributed by atoms with van der Waals surface area (Å²) in [6, 6.07) is 4.03. The Balaban J connectivity index is 2.60. The van der Waals surface area contributed by atoms with Crippen molar-refractivity contribution in [3.63, 3.8) is 0 Å². The van der Waals surface area contributed by atoms with E-state index in [4.69, 9.17) is 9.52 Å². The largest absolute Gasteiger partial charge is 0.475 e. The summed E-state index contributed by atoms with van der Waals surface area (Å²) in [6.07, 6.45) is -4.10. The third kappa shape index (κ3) is 3.85. The van der Waals surface area contributed by atoms with Crippen molar-refractivity contribution in [2.45, 2.75) is 13.1 Å². The Morgan fingerprint density at radius 3 is 2.42 bits per heavy atom. The molecule has 2 rings (SSSR count). The fourth-order valence-corrected chi connectivity index (χ4v) is 2.46. The second-order valence-corrected chi connectivity index (χ2v) is 6.65. The second-order valence-electron chi connectivity index (χ2n) is 4.90. The summed E-state index contributed by atoms with van der Waals surface area (Å²) in [6.45, 7) is 1.53. The molecule has 0 spiro atoms. The van der Waals surface area contributed by atoms with Crippen LogP contribution in [-0.2, 0) is 16.2 Å². The highest BCUT2D eigenvalue weighted by Gasteiger charge is 2.41. The van der Waals surface area contributed by atoms with E-state index in [1.165, 1.54) is 25.1 Å². The number of sulfonamides is 1. The number of carboxylic acid groups (broad SMARTS) is 1. The summed E-state index contributed by atoms with van der Waals surface area (Å²) in [5.74, 6) is -3.82. The highest BCUT2D eigenvalue weighted by atomic mass is 32.2. The number of benzene rings is 1. The molecule has 130 valence electrons. The van der Waals surface area contributed by atoms with Crippen molar-refractivity contribution < 1.29 is 35.9 Å². The molecule has 0 amide bonds. The zero-order valence-corrected chi connectivity index (χ0v) is 13.1. The normalized spacial score (nSPS) is 12.2. The van der Waals surface area contributed by atoms with Crippen LogP contribution in [0, 0.1) is 6.92 Å². The first kappa shape index (κ1) is 17.8. The minimum Gasteiger partial charge on any atom is -0.475 e. The molecule has 7 nitrogen and oxygen atoms in total. The van der Waals surface area contributed by atoms with Crippen LogP contribution in [0.3, 0.4) is 0 Å². The van der Waals surface area contributed by atoms with Gasteiger partial charge < -0.3 is 9.52 Å². The van der Waals surface area contributed by atoms with E-state index < -0.39 is 39.5 Å². The summed E-state index contributed by atoms with van der Waals surface area (Å²) in [7, 11) is -3.60. The molecular formula is C13H11F3N2O5S. The molecule has 0 aliphatic heterocycles. The van der Waals surface area contributed by atoms with E-state index in [9.17, 15) is 26.4 Å². The van der Waals surface area contributed by atoms with Crippen LogP contribution < -0.4 is 4.72 Å². The number of anilines is 1. The standard InChI is InChI=1S/C13H11F3N2O5S/c1-6-3-4-7(18-24(2,21)22)5-8(6)11-17-10(13(14,15)16)9(23-11)12(19)20/h3-5,18H,1-2H3,(H,19,20). The van der Waals surface area contributed by atoms with Crippen LogP contribution in [0.1, 0.15) is 21.8 Å². The Morgan fingerprint density at radius 2 is 1.96 bits per heavy atom. The Bertz CT molecular complexity index is 903. The maximum Gasteiger partial charge on any atom is 0.437 e. The molecule has 2 aromatic rings. The topological polar surface area (TPSA) is 110 Å². The molecule has 0 bridgehead atoms. The number of aromatic carboxylic acids is 1. The van der Waals surface area contributed by atoms with E-state index in [-0.39, 0.29) is 11.3 Å². The number of hydrogen-bond donors (Lipinski definition) is 2. The number of halogens is 3. The van der Waals surface area contributed by atoms with Gasteiger partial charge >= 0.3 is 12.1 Å². The number of aryl methyl sites for hydroxylation is 1. The Labute approximate surface area is 134 Å². The molecule has 1 aromatic carbocycles. The van der Waals surface area contributed by atoms with Gasteiger partial charge in [-0.25, -0.2) is 18.2 Å². The molecule has 0 fully saturated rings. The van der Waals surface area contributed by atoms with Gasteiger partial charge in [0.05, 0.1) is 6.26 Å². The van der Waals surface area contributed by atoms with Crippen molar-refractivity contribution in [1.29, 1.82) is 0 Å². The zero-order chi connectivity index (χ0) is 18.3. The van der Waals surface area contributed by atoms with Crippen LogP contribution in [0.25, 0.3) is 11.5 Å². The van der Waals surface area contributed by atoms with Crippen molar-refractivity contribution >= 4 is 21.7 Å². The number of nitrogens with zero attached hydrogens (tertiary/aromatic N) is 1. The molecule has 0 saturated heterocycles. The van der Waals surface area contributed by atoms with E-state index in [2.05, 4.69) is 9.71 Å². The van der Waals surface area contributed by atoms with Crippen molar-refractivity contribution in [3.05, 3.63) is 35.2 Å². The first-order valence-corrected chi connectivity index (χ1v) is 8.18. The lowest BCUT2D eigenvalue weighted by molar-refractivity contribution is -0.141. The minimum atomic E-state index is -5.01. The van der Waals surface area contributed by atoms with Gasteiger partial charge in [-0.3, -0.25) is 4.72 Å². The monoisotopic (exact) mass is 364 g/mol. The number of aromatic nitrogens is 1. The van der Waals surface area contributed by atoms with Gasteiger partial charge in [0.2, 0.25) is 21.7 Å². The Hall–Kier alpha value is -2.56. The Morgan fingerprint density at radius 1 is 1.33 bits per heavy atom. The minimum absolute atomic E-state index is 0.0293. The zero-order valence-electron chi connectivity index (χ0n) is 12.3. The molecule has 0 atom stereocenters. The number of nitrogens with one attached hydrogen (secondary N) is 1. The van der Waals surface area contributed by atoms with Gasteiger partial charge in [0.15, 0.2) is 5.69 Å². The average Bonchev–Trinajstić information content (AvgIpc) is 2.84. The van der Waals surface area contributed by atoms with E-state index in [0.717, 1.165) is 6.26 Å². The lowest BCUT2D eigenvalue weighted by atomic mass is 10.1. The van der Waals surface area contributed by atoms with Crippen LogP contribution in [0.5, 0.6) is 0 Å². The number of alkyl halides is 3. The van der Waals surface area contributed by atoms with Gasteiger partial charge in [-0.15, -0.1) is 0 Å². The van der Waals surface area contributed by atoms with Crippen molar-refractivity contribution in [1.82, 2.24) is 4.98 Å². The van der Waals surface area contributed by atoms with Gasteiger partial charge in [0.1, 0.15) is 0 Å². The van der Waals surface area contributed by atoms with Crippen LogP contribution in [0.2, 0.25) is 0 Å². The summed E-state index contributed by atoms with van der Waals surface area (Å²) in [5.41, 5.74) is -1.14. The summed E-state index contributed by atoms with van der Waals surface area (Å²) < 4.78 is 68.0. The average molecular weight is 364 g/mol. The summed E-state index contributed by atoms with van der Waals surface area (Å²) in [4.78, 5) is 14.1. The molecule has 0 aliphatic rings. The summed E-state index contributed by atoms with van der Waals surface area (Å²) in [5, 5.41) is 8.84. The van der Waals surface area contributed by atoms with Crippen molar-refractivity contribution in [2.75, 3.05) is 11.0 Å². The molecule has 1 aromatic heterocycles. The maximum absolute atomic E-state index is 12.9. The van der Waals surface area contributed by atoms with E-state index in [1.807, 2.05) is 0 Å². The summed E-state index contributed by atoms with van der Waals surface area (Å²) >= 11 is 0. The molecule has 0 aliphatic carbocycles. The van der Waals surface area contributed by atoms with Gasteiger partial charge in [-0.1, -0.05) is 6.07 Å². The quantitative estimate of drug-likeness (QED) is 0.863. The van der Waals surface area contributed by atoms with E-state index in [0.29, 0.717) is 5.56 Å². The number of carbonyl (C=O) groups is 1. The third-order valence-corrected chi connectivity index (χ3v) is 3.47. The molecule has 0 unspecified atom stereocenters. The van der Waals surface area contributed by atoms with Crippen molar-refractivity contribution in [3.8, 4) is 11.5 Å². The number of rotatable bonds is 4. The highest BCUT2D eigenvalue weighted by Crippen LogP contribution is 2.35. The van der Waals surface area contributed by atoms with Crippen LogP contribution >= 0.6 is 0 Å². The van der Waals surface area contributed by atoms with Gasteiger partial charge in [0.25, 0.3) is 0 Å². The first-order chi connectivity index (χ1) is 10.9. The SMILES string of the molecule is Cc1ccc(NS(C)(=O)=O)cc1-c1nc(C(F)(F)F)c(C(=O)O)o1. The smallest absolute Gasteiger partial charge is 0.437 e. The van der Waals surface area contributed by atoms with E-state index >= 15 is 0 Å². The molecule has 1 heterocycles. The molecule has 11 heteroatoms. The molecule has 0 saturated carbocycles. The number of oxazole rings is 1. The van der Waals surface area contributed by atoms with Crippen LogP contribution in [-0.4, -0.2) is 30.7 Å². The first-order valence-electron chi connectivity index (χ1n) is 6.28. The Kier molecular flexibility index (Phi) is 4.31. The van der Waals surface area contributed by atoms with Crippen molar-refractivity contribution in [2.24, 2.45) is 0 Å². The highest BCUT2D eigenvalue weighted by molar-refractivity contribution is 7.92. The fourth-order valence-electron chi connectivity index (χ4n) is 1.90. The third-order valence-electron chi connectivity index (χ3n) is 2.86.